The van der Waals surface area contributed by atoms with Crippen molar-refractivity contribution in [3.63, 3.8) is 0 Å². The van der Waals surface area contributed by atoms with Gasteiger partial charge in [0, 0.05) is 53.4 Å². The first-order chi connectivity index (χ1) is 13.4. The van der Waals surface area contributed by atoms with Crippen molar-refractivity contribution in [3.8, 4) is 6.07 Å². The smallest absolute Gasteiger partial charge is 0.332 e. The van der Waals surface area contributed by atoms with Crippen molar-refractivity contribution >= 4 is 11.7 Å². The zero-order valence-corrected chi connectivity index (χ0v) is 16.7. The number of nitriles is 1. The van der Waals surface area contributed by atoms with Crippen molar-refractivity contribution in [2.24, 2.45) is 14.1 Å². The number of anilines is 1. The van der Waals surface area contributed by atoms with Crippen LogP contribution in [0.2, 0.25) is 0 Å². The van der Waals surface area contributed by atoms with Gasteiger partial charge in [0.05, 0.1) is 6.54 Å². The van der Waals surface area contributed by atoms with Gasteiger partial charge in [0.25, 0.3) is 5.56 Å². The lowest BCUT2D eigenvalue weighted by Crippen LogP contribution is -2.52. The van der Waals surface area contributed by atoms with Crippen LogP contribution in [0.4, 0.5) is 5.82 Å². The van der Waals surface area contributed by atoms with E-state index in [4.69, 9.17) is 0 Å². The summed E-state index contributed by atoms with van der Waals surface area (Å²) in [5, 5.41) is 9.44. The molecule has 2 aliphatic rings. The van der Waals surface area contributed by atoms with Crippen LogP contribution >= 0.6 is 0 Å². The van der Waals surface area contributed by atoms with Gasteiger partial charge in [-0.25, -0.2) is 4.79 Å². The minimum atomic E-state index is -0.570. The fourth-order valence-corrected chi connectivity index (χ4v) is 4.03. The molecule has 0 saturated carbocycles. The summed E-state index contributed by atoms with van der Waals surface area (Å²) in [7, 11) is 2.95. The molecule has 152 valence electrons. The molecular weight excluding hydrogens is 360 g/mol. The van der Waals surface area contributed by atoms with Gasteiger partial charge < -0.3 is 9.80 Å². The molecule has 0 atom stereocenters. The number of amides is 1. The number of rotatable bonds is 3. The van der Waals surface area contributed by atoms with Crippen LogP contribution in [0, 0.1) is 11.3 Å². The molecule has 0 aromatic carbocycles. The SMILES string of the molecule is Cn1c(N2CCN(CC(=O)N3CCCCCC3)CC2)c(C#N)c(=O)n(C)c1=O. The number of hydrogen-bond donors (Lipinski definition) is 0. The van der Waals surface area contributed by atoms with E-state index < -0.39 is 11.2 Å². The third kappa shape index (κ3) is 3.97. The van der Waals surface area contributed by atoms with Crippen molar-refractivity contribution in [2.75, 3.05) is 50.7 Å². The fourth-order valence-electron chi connectivity index (χ4n) is 4.03. The van der Waals surface area contributed by atoms with E-state index >= 15 is 0 Å². The molecule has 1 amide bonds. The Hall–Kier alpha value is -2.60. The Morgan fingerprint density at radius 1 is 0.929 bits per heavy atom. The van der Waals surface area contributed by atoms with Gasteiger partial charge in [-0.3, -0.25) is 23.6 Å². The lowest BCUT2D eigenvalue weighted by molar-refractivity contribution is -0.132. The number of nitrogens with zero attached hydrogens (tertiary/aromatic N) is 6. The lowest BCUT2D eigenvalue weighted by atomic mass is 10.2. The molecule has 1 aromatic rings. The minimum Gasteiger partial charge on any atom is -0.354 e. The highest BCUT2D eigenvalue weighted by Crippen LogP contribution is 2.17. The minimum absolute atomic E-state index is 0.0151. The van der Waals surface area contributed by atoms with E-state index in [1.807, 2.05) is 15.9 Å². The molecule has 2 aliphatic heterocycles. The highest BCUT2D eigenvalue weighted by molar-refractivity contribution is 5.78. The first-order valence-electron chi connectivity index (χ1n) is 9.89. The van der Waals surface area contributed by atoms with Crippen molar-refractivity contribution in [1.82, 2.24) is 18.9 Å². The largest absolute Gasteiger partial charge is 0.354 e. The summed E-state index contributed by atoms with van der Waals surface area (Å²) in [6.07, 6.45) is 4.54. The van der Waals surface area contributed by atoms with Crippen LogP contribution in [0.25, 0.3) is 0 Å². The number of likely N-dealkylation sites (tertiary alicyclic amines) is 1. The molecule has 9 nitrogen and oxygen atoms in total. The first kappa shape index (κ1) is 20.1. The Morgan fingerprint density at radius 2 is 1.54 bits per heavy atom. The van der Waals surface area contributed by atoms with Crippen LogP contribution in [0.15, 0.2) is 9.59 Å². The Kier molecular flexibility index (Phi) is 6.19. The number of piperazine rings is 1. The predicted molar refractivity (Wildman–Crippen MR) is 105 cm³/mol. The van der Waals surface area contributed by atoms with Crippen molar-refractivity contribution in [2.45, 2.75) is 25.7 Å². The summed E-state index contributed by atoms with van der Waals surface area (Å²) in [6.45, 7) is 4.50. The molecule has 0 N–H and O–H groups in total. The van der Waals surface area contributed by atoms with Gasteiger partial charge in [-0.2, -0.15) is 5.26 Å². The molecule has 2 fully saturated rings. The van der Waals surface area contributed by atoms with Crippen molar-refractivity contribution in [1.29, 1.82) is 5.26 Å². The Balaban J connectivity index is 1.68. The second-order valence-electron chi connectivity index (χ2n) is 7.57. The zero-order chi connectivity index (χ0) is 20.3. The summed E-state index contributed by atoms with van der Waals surface area (Å²) in [4.78, 5) is 43.1. The summed E-state index contributed by atoms with van der Waals surface area (Å²) in [5.41, 5.74) is -1.03. The molecule has 3 rings (SSSR count). The van der Waals surface area contributed by atoms with E-state index in [0.717, 1.165) is 30.5 Å². The van der Waals surface area contributed by atoms with Crippen LogP contribution in [-0.4, -0.2) is 70.7 Å². The van der Waals surface area contributed by atoms with Crippen molar-refractivity contribution in [3.05, 3.63) is 26.4 Å². The first-order valence-corrected chi connectivity index (χ1v) is 9.89. The molecule has 0 unspecified atom stereocenters. The van der Waals surface area contributed by atoms with Crippen LogP contribution in [-0.2, 0) is 18.9 Å². The summed E-state index contributed by atoms with van der Waals surface area (Å²) in [6, 6.07) is 1.95. The fraction of sp³-hybridized carbons (Fsp3) is 0.684. The molecule has 2 saturated heterocycles. The maximum Gasteiger partial charge on any atom is 0.332 e. The Morgan fingerprint density at radius 3 is 2.11 bits per heavy atom. The van der Waals surface area contributed by atoms with E-state index in [2.05, 4.69) is 4.90 Å². The number of carbonyl (C=O) groups is 1. The molecule has 28 heavy (non-hydrogen) atoms. The summed E-state index contributed by atoms with van der Waals surface area (Å²) in [5.74, 6) is 0.545. The molecule has 3 heterocycles. The second kappa shape index (κ2) is 8.61. The average Bonchev–Trinajstić information content (AvgIpc) is 2.99. The molecule has 0 radical (unpaired) electrons. The van der Waals surface area contributed by atoms with Crippen molar-refractivity contribution < 1.29 is 4.79 Å². The van der Waals surface area contributed by atoms with Crippen LogP contribution in [0.1, 0.15) is 31.2 Å². The predicted octanol–water partition coefficient (Wildman–Crippen LogP) is -0.520. The zero-order valence-electron chi connectivity index (χ0n) is 16.7. The van der Waals surface area contributed by atoms with Gasteiger partial charge in [-0.15, -0.1) is 0 Å². The molecule has 1 aromatic heterocycles. The van der Waals surface area contributed by atoms with Gasteiger partial charge in [0.15, 0.2) is 5.56 Å². The van der Waals surface area contributed by atoms with Crippen LogP contribution < -0.4 is 16.1 Å². The number of carbonyl (C=O) groups excluding carboxylic acids is 1. The molecule has 9 heteroatoms. The number of aromatic nitrogens is 2. The topological polar surface area (TPSA) is 94.6 Å². The van der Waals surface area contributed by atoms with Gasteiger partial charge in [-0.05, 0) is 12.8 Å². The highest BCUT2D eigenvalue weighted by Gasteiger charge is 2.26. The summed E-state index contributed by atoms with van der Waals surface area (Å²) < 4.78 is 2.32. The maximum absolute atomic E-state index is 12.6. The van der Waals surface area contributed by atoms with E-state index in [9.17, 15) is 19.6 Å². The summed E-state index contributed by atoms with van der Waals surface area (Å²) >= 11 is 0. The highest BCUT2D eigenvalue weighted by atomic mass is 16.2. The third-order valence-electron chi connectivity index (χ3n) is 5.73. The van der Waals surface area contributed by atoms with E-state index in [1.54, 1.807) is 7.05 Å². The molecule has 0 bridgehead atoms. The van der Waals surface area contributed by atoms with Gasteiger partial charge in [0.1, 0.15) is 11.9 Å². The van der Waals surface area contributed by atoms with Crippen LogP contribution in [0.3, 0.4) is 0 Å². The normalized spacial score (nSPS) is 18.6. The molecular formula is C19H28N6O3. The van der Waals surface area contributed by atoms with E-state index in [-0.39, 0.29) is 11.5 Å². The third-order valence-corrected chi connectivity index (χ3v) is 5.73. The molecule has 0 aliphatic carbocycles. The Bertz CT molecular complexity index is 881. The molecule has 0 spiro atoms. The maximum atomic E-state index is 12.6. The number of hydrogen-bond acceptors (Lipinski definition) is 6. The standard InChI is InChI=1S/C19H28N6O3/c1-21-17(15(13-20)18(27)22(2)19(21)28)25-11-9-23(10-12-25)14-16(26)24-7-5-3-4-6-8-24/h3-12,14H2,1-2H3. The van der Waals surface area contributed by atoms with E-state index in [0.29, 0.717) is 38.5 Å². The quantitative estimate of drug-likeness (QED) is 0.692. The average molecular weight is 388 g/mol. The van der Waals surface area contributed by atoms with Gasteiger partial charge in [0.2, 0.25) is 5.91 Å². The van der Waals surface area contributed by atoms with Gasteiger partial charge >= 0.3 is 5.69 Å². The Labute approximate surface area is 164 Å². The second-order valence-corrected chi connectivity index (χ2v) is 7.57. The van der Waals surface area contributed by atoms with Crippen LogP contribution in [0.5, 0.6) is 0 Å². The lowest BCUT2D eigenvalue weighted by Gasteiger charge is -2.37. The monoisotopic (exact) mass is 388 g/mol. The van der Waals surface area contributed by atoms with E-state index in [1.165, 1.54) is 24.5 Å². The van der Waals surface area contributed by atoms with Gasteiger partial charge in [-0.1, -0.05) is 12.8 Å².